The SMILES string of the molecule is NC(=O)[C@H]1CC12CCNCC2. The van der Waals surface area contributed by atoms with E-state index < -0.39 is 0 Å². The Kier molecular flexibility index (Phi) is 1.42. The first-order valence-electron chi connectivity index (χ1n) is 4.25. The Hall–Kier alpha value is -0.570. The number of hydrogen-bond acceptors (Lipinski definition) is 2. The molecule has 3 N–H and O–H groups in total. The third kappa shape index (κ3) is 1.03. The fourth-order valence-corrected chi connectivity index (χ4v) is 2.23. The van der Waals surface area contributed by atoms with Crippen LogP contribution >= 0.6 is 0 Å². The van der Waals surface area contributed by atoms with E-state index in [-0.39, 0.29) is 11.8 Å². The van der Waals surface area contributed by atoms with Crippen LogP contribution in [0.25, 0.3) is 0 Å². The number of amides is 1. The summed E-state index contributed by atoms with van der Waals surface area (Å²) >= 11 is 0. The van der Waals surface area contributed by atoms with Crippen molar-refractivity contribution in [1.29, 1.82) is 0 Å². The van der Waals surface area contributed by atoms with Crippen LogP contribution in [0.15, 0.2) is 0 Å². The molecule has 11 heavy (non-hydrogen) atoms. The van der Waals surface area contributed by atoms with Gasteiger partial charge < -0.3 is 11.1 Å². The number of carbonyl (C=O) groups excluding carboxylic acids is 1. The molecule has 3 nitrogen and oxygen atoms in total. The molecule has 0 radical (unpaired) electrons. The number of hydrogen-bond donors (Lipinski definition) is 2. The lowest BCUT2D eigenvalue weighted by molar-refractivity contribution is -0.120. The van der Waals surface area contributed by atoms with Gasteiger partial charge in [0.25, 0.3) is 0 Å². The lowest BCUT2D eigenvalue weighted by Crippen LogP contribution is -2.31. The van der Waals surface area contributed by atoms with E-state index >= 15 is 0 Å². The summed E-state index contributed by atoms with van der Waals surface area (Å²) in [5.41, 5.74) is 5.57. The number of carbonyl (C=O) groups is 1. The molecular weight excluding hydrogens is 140 g/mol. The van der Waals surface area contributed by atoms with Crippen molar-refractivity contribution in [3.63, 3.8) is 0 Å². The summed E-state index contributed by atoms with van der Waals surface area (Å²) < 4.78 is 0. The van der Waals surface area contributed by atoms with Crippen LogP contribution in [0.1, 0.15) is 19.3 Å². The van der Waals surface area contributed by atoms with Gasteiger partial charge in [-0.15, -0.1) is 0 Å². The minimum atomic E-state index is -0.0908. The molecule has 1 saturated carbocycles. The van der Waals surface area contributed by atoms with Crippen molar-refractivity contribution in [2.75, 3.05) is 13.1 Å². The first kappa shape index (κ1) is 7.10. The molecule has 1 aliphatic heterocycles. The van der Waals surface area contributed by atoms with E-state index in [1.165, 1.54) is 0 Å². The van der Waals surface area contributed by atoms with Crippen LogP contribution in [-0.4, -0.2) is 19.0 Å². The molecule has 2 aliphatic rings. The zero-order valence-corrected chi connectivity index (χ0v) is 6.60. The number of primary amides is 1. The molecule has 0 aromatic carbocycles. The Balaban J connectivity index is 1.99. The summed E-state index contributed by atoms with van der Waals surface area (Å²) in [6.45, 7) is 2.12. The van der Waals surface area contributed by atoms with Crippen molar-refractivity contribution in [3.8, 4) is 0 Å². The van der Waals surface area contributed by atoms with E-state index in [0.717, 1.165) is 32.4 Å². The smallest absolute Gasteiger partial charge is 0.221 e. The molecule has 0 bridgehead atoms. The molecule has 1 heterocycles. The largest absolute Gasteiger partial charge is 0.369 e. The average molecular weight is 154 g/mol. The van der Waals surface area contributed by atoms with Gasteiger partial charge in [-0.05, 0) is 37.8 Å². The van der Waals surface area contributed by atoms with Crippen LogP contribution in [0.3, 0.4) is 0 Å². The van der Waals surface area contributed by atoms with Crippen LogP contribution in [0.5, 0.6) is 0 Å². The van der Waals surface area contributed by atoms with Crippen molar-refractivity contribution >= 4 is 5.91 Å². The van der Waals surface area contributed by atoms with Gasteiger partial charge in [0.15, 0.2) is 0 Å². The van der Waals surface area contributed by atoms with Crippen LogP contribution in [0.2, 0.25) is 0 Å². The van der Waals surface area contributed by atoms with Crippen molar-refractivity contribution in [2.45, 2.75) is 19.3 Å². The fraction of sp³-hybridized carbons (Fsp3) is 0.875. The van der Waals surface area contributed by atoms with Gasteiger partial charge in [0.05, 0.1) is 0 Å². The molecular formula is C8H14N2O. The second kappa shape index (κ2) is 2.21. The minimum Gasteiger partial charge on any atom is -0.369 e. The van der Waals surface area contributed by atoms with Gasteiger partial charge in [0, 0.05) is 5.92 Å². The van der Waals surface area contributed by atoms with E-state index in [2.05, 4.69) is 5.32 Å². The number of piperidine rings is 1. The summed E-state index contributed by atoms with van der Waals surface area (Å²) in [5.74, 6) is 0.108. The quantitative estimate of drug-likeness (QED) is 0.552. The zero-order chi connectivity index (χ0) is 7.90. The van der Waals surface area contributed by atoms with Crippen LogP contribution < -0.4 is 11.1 Å². The Labute approximate surface area is 66.3 Å². The maximum Gasteiger partial charge on any atom is 0.221 e. The van der Waals surface area contributed by atoms with Gasteiger partial charge in [0.2, 0.25) is 5.91 Å². The molecule has 0 aromatic rings. The monoisotopic (exact) mass is 154 g/mol. The normalized spacial score (nSPS) is 33.6. The Morgan fingerprint density at radius 1 is 1.45 bits per heavy atom. The summed E-state index contributed by atoms with van der Waals surface area (Å²) in [5, 5.41) is 3.29. The molecule has 0 unspecified atom stereocenters. The van der Waals surface area contributed by atoms with Crippen molar-refractivity contribution in [1.82, 2.24) is 5.32 Å². The topological polar surface area (TPSA) is 55.1 Å². The molecule has 1 aliphatic carbocycles. The van der Waals surface area contributed by atoms with E-state index in [1.807, 2.05) is 0 Å². The third-order valence-corrected chi connectivity index (χ3v) is 3.13. The predicted molar refractivity (Wildman–Crippen MR) is 41.8 cm³/mol. The van der Waals surface area contributed by atoms with Gasteiger partial charge in [-0.1, -0.05) is 0 Å². The van der Waals surface area contributed by atoms with Crippen LogP contribution in [0.4, 0.5) is 0 Å². The highest BCUT2D eigenvalue weighted by molar-refractivity contribution is 5.80. The van der Waals surface area contributed by atoms with E-state index in [0.29, 0.717) is 5.41 Å². The predicted octanol–water partition coefficient (Wildman–Crippen LogP) is -0.139. The highest BCUT2D eigenvalue weighted by atomic mass is 16.1. The van der Waals surface area contributed by atoms with E-state index in [9.17, 15) is 4.79 Å². The maximum absolute atomic E-state index is 10.8. The standard InChI is InChI=1S/C8H14N2O/c9-7(11)6-5-8(6)1-3-10-4-2-8/h6,10H,1-5H2,(H2,9,11)/t6-/m1/s1. The van der Waals surface area contributed by atoms with Gasteiger partial charge >= 0.3 is 0 Å². The second-order valence-corrected chi connectivity index (χ2v) is 3.77. The Morgan fingerprint density at radius 2 is 2.09 bits per heavy atom. The lowest BCUT2D eigenvalue weighted by atomic mass is 9.92. The molecule has 3 heteroatoms. The molecule has 1 saturated heterocycles. The van der Waals surface area contributed by atoms with Crippen molar-refractivity contribution in [2.24, 2.45) is 17.1 Å². The summed E-state index contributed by atoms with van der Waals surface area (Å²) in [6.07, 6.45) is 3.32. The molecule has 0 aromatic heterocycles. The summed E-state index contributed by atoms with van der Waals surface area (Å²) in [4.78, 5) is 10.8. The molecule has 1 spiro atoms. The molecule has 1 amide bonds. The second-order valence-electron chi connectivity index (χ2n) is 3.77. The fourth-order valence-electron chi connectivity index (χ4n) is 2.23. The first-order chi connectivity index (χ1) is 5.25. The zero-order valence-electron chi connectivity index (χ0n) is 6.60. The van der Waals surface area contributed by atoms with Crippen LogP contribution in [-0.2, 0) is 4.79 Å². The number of nitrogens with two attached hydrogens (primary N) is 1. The molecule has 2 rings (SSSR count). The lowest BCUT2D eigenvalue weighted by Gasteiger charge is -2.22. The Bertz CT molecular complexity index is 185. The number of nitrogens with one attached hydrogen (secondary N) is 1. The van der Waals surface area contributed by atoms with Crippen LogP contribution in [0, 0.1) is 11.3 Å². The molecule has 2 fully saturated rings. The minimum absolute atomic E-state index is 0.0908. The highest BCUT2D eigenvalue weighted by Gasteiger charge is 2.56. The Morgan fingerprint density at radius 3 is 2.55 bits per heavy atom. The summed E-state index contributed by atoms with van der Waals surface area (Å²) in [7, 11) is 0. The van der Waals surface area contributed by atoms with Gasteiger partial charge in [-0.2, -0.15) is 0 Å². The average Bonchev–Trinajstić information content (AvgIpc) is 2.66. The maximum atomic E-state index is 10.8. The van der Waals surface area contributed by atoms with E-state index in [4.69, 9.17) is 5.73 Å². The van der Waals surface area contributed by atoms with E-state index in [1.54, 1.807) is 0 Å². The van der Waals surface area contributed by atoms with Gasteiger partial charge in [-0.3, -0.25) is 4.79 Å². The van der Waals surface area contributed by atoms with Gasteiger partial charge in [0.1, 0.15) is 0 Å². The molecule has 1 atom stereocenters. The van der Waals surface area contributed by atoms with Crippen molar-refractivity contribution in [3.05, 3.63) is 0 Å². The first-order valence-corrected chi connectivity index (χ1v) is 4.25. The van der Waals surface area contributed by atoms with Crippen molar-refractivity contribution < 1.29 is 4.79 Å². The highest BCUT2D eigenvalue weighted by Crippen LogP contribution is 2.58. The van der Waals surface area contributed by atoms with Gasteiger partial charge in [-0.25, -0.2) is 0 Å². The molecule has 62 valence electrons. The number of rotatable bonds is 1. The summed E-state index contributed by atoms with van der Waals surface area (Å²) in [6, 6.07) is 0. The third-order valence-electron chi connectivity index (χ3n) is 3.13.